The first-order valence-electron chi connectivity index (χ1n) is 9.98. The molecular weight excluding hydrogens is 348 g/mol. The molecule has 1 atom stereocenters. The van der Waals surface area contributed by atoms with Crippen molar-refractivity contribution in [1.82, 2.24) is 19.9 Å². The number of nitrogens with one attached hydrogen (secondary N) is 1. The number of benzene rings is 1. The van der Waals surface area contributed by atoms with Crippen LogP contribution in [0, 0.1) is 0 Å². The van der Waals surface area contributed by atoms with Crippen LogP contribution in [-0.4, -0.2) is 39.5 Å². The molecule has 5 N–H and O–H groups in total. The van der Waals surface area contributed by atoms with Crippen LogP contribution in [0.5, 0.6) is 0 Å². The summed E-state index contributed by atoms with van der Waals surface area (Å²) < 4.78 is 0. The summed E-state index contributed by atoms with van der Waals surface area (Å²) in [5.41, 5.74) is 17.4. The van der Waals surface area contributed by atoms with E-state index in [1.54, 1.807) is 0 Å². The number of rotatable bonds is 7. The summed E-state index contributed by atoms with van der Waals surface area (Å²) in [6, 6.07) is 12.7. The molecule has 6 heteroatoms. The predicted molar refractivity (Wildman–Crippen MR) is 113 cm³/mol. The second-order valence-corrected chi connectivity index (χ2v) is 7.36. The Morgan fingerprint density at radius 2 is 2.04 bits per heavy atom. The number of aryl methyl sites for hydroxylation is 1. The molecule has 0 bridgehead atoms. The molecule has 0 saturated heterocycles. The molecule has 4 rings (SSSR count). The fourth-order valence-electron chi connectivity index (χ4n) is 4.01. The van der Waals surface area contributed by atoms with Crippen molar-refractivity contribution in [3.8, 4) is 0 Å². The molecule has 2 heterocycles. The lowest BCUT2D eigenvalue weighted by Gasteiger charge is -2.34. The lowest BCUT2D eigenvalue weighted by Crippen LogP contribution is -2.33. The van der Waals surface area contributed by atoms with Crippen LogP contribution in [-0.2, 0) is 13.0 Å². The number of aromatic nitrogens is 3. The maximum absolute atomic E-state index is 5.83. The van der Waals surface area contributed by atoms with Crippen LogP contribution < -0.4 is 11.5 Å². The Labute approximate surface area is 165 Å². The van der Waals surface area contributed by atoms with Gasteiger partial charge in [-0.3, -0.25) is 9.88 Å². The van der Waals surface area contributed by atoms with Crippen LogP contribution in [0.25, 0.3) is 11.0 Å². The highest BCUT2D eigenvalue weighted by Gasteiger charge is 2.27. The monoisotopic (exact) mass is 376 g/mol. The number of hydrogen-bond donors (Lipinski definition) is 3. The maximum atomic E-state index is 5.83. The van der Waals surface area contributed by atoms with E-state index in [1.807, 2.05) is 30.5 Å². The molecule has 0 unspecified atom stereocenters. The van der Waals surface area contributed by atoms with E-state index in [0.717, 1.165) is 48.4 Å². The van der Waals surface area contributed by atoms with Crippen LogP contribution >= 0.6 is 0 Å². The van der Waals surface area contributed by atoms with Gasteiger partial charge in [0, 0.05) is 25.8 Å². The van der Waals surface area contributed by atoms with E-state index in [1.165, 1.54) is 17.7 Å². The van der Waals surface area contributed by atoms with Gasteiger partial charge in [0.05, 0.1) is 29.3 Å². The Hall–Kier alpha value is -2.54. The van der Waals surface area contributed by atoms with E-state index in [-0.39, 0.29) is 6.04 Å². The van der Waals surface area contributed by atoms with Gasteiger partial charge in [-0.05, 0) is 48.6 Å². The zero-order valence-corrected chi connectivity index (χ0v) is 16.1. The summed E-state index contributed by atoms with van der Waals surface area (Å²) in [4.78, 5) is 15.4. The summed E-state index contributed by atoms with van der Waals surface area (Å²) in [6.07, 6.45) is 7.44. The van der Waals surface area contributed by atoms with Gasteiger partial charge in [-0.15, -0.1) is 0 Å². The highest BCUT2D eigenvalue weighted by Crippen LogP contribution is 2.33. The Bertz CT molecular complexity index is 921. The minimum absolute atomic E-state index is 0.270. The van der Waals surface area contributed by atoms with Gasteiger partial charge in [-0.1, -0.05) is 24.3 Å². The van der Waals surface area contributed by atoms with E-state index >= 15 is 0 Å². The molecule has 0 saturated carbocycles. The van der Waals surface area contributed by atoms with Gasteiger partial charge in [0.2, 0.25) is 0 Å². The summed E-state index contributed by atoms with van der Waals surface area (Å²) >= 11 is 0. The summed E-state index contributed by atoms with van der Waals surface area (Å²) in [6.45, 7) is 2.50. The Kier molecular flexibility index (Phi) is 5.81. The van der Waals surface area contributed by atoms with Gasteiger partial charge in [-0.25, -0.2) is 4.98 Å². The van der Waals surface area contributed by atoms with Crippen LogP contribution in [0.3, 0.4) is 0 Å². The minimum Gasteiger partial charge on any atom is -0.341 e. The van der Waals surface area contributed by atoms with Crippen LogP contribution in [0.1, 0.15) is 36.0 Å². The van der Waals surface area contributed by atoms with Gasteiger partial charge < -0.3 is 16.5 Å². The molecule has 0 radical (unpaired) electrons. The van der Waals surface area contributed by atoms with Crippen molar-refractivity contribution in [2.45, 2.75) is 31.8 Å². The van der Waals surface area contributed by atoms with Crippen LogP contribution in [0.15, 0.2) is 54.2 Å². The first-order chi connectivity index (χ1) is 13.8. The summed E-state index contributed by atoms with van der Waals surface area (Å²) in [5, 5.41) is 0. The number of nitrogens with two attached hydrogens (primary N) is 2. The summed E-state index contributed by atoms with van der Waals surface area (Å²) in [7, 11) is 0. The van der Waals surface area contributed by atoms with E-state index in [2.05, 4.69) is 28.1 Å². The normalized spacial score (nSPS) is 16.3. The van der Waals surface area contributed by atoms with Crippen molar-refractivity contribution in [2.24, 2.45) is 11.5 Å². The van der Waals surface area contributed by atoms with Crippen LogP contribution in [0.4, 0.5) is 0 Å². The number of hydrogen-bond acceptors (Lipinski definition) is 5. The van der Waals surface area contributed by atoms with E-state index in [0.29, 0.717) is 13.1 Å². The fraction of sp³-hybridized carbons (Fsp3) is 0.364. The molecular formula is C22H28N6. The zero-order chi connectivity index (χ0) is 19.3. The van der Waals surface area contributed by atoms with Crippen molar-refractivity contribution < 1.29 is 0 Å². The van der Waals surface area contributed by atoms with Gasteiger partial charge >= 0.3 is 0 Å². The number of para-hydroxylation sites is 2. The molecule has 1 aromatic carbocycles. The van der Waals surface area contributed by atoms with Crippen molar-refractivity contribution in [1.29, 1.82) is 0 Å². The van der Waals surface area contributed by atoms with E-state index in [9.17, 15) is 0 Å². The average Bonchev–Trinajstić information content (AvgIpc) is 3.15. The first kappa shape index (κ1) is 18.8. The third-order valence-electron chi connectivity index (χ3n) is 5.54. The van der Waals surface area contributed by atoms with Gasteiger partial charge in [0.1, 0.15) is 5.82 Å². The molecule has 1 aliphatic rings. The Morgan fingerprint density at radius 1 is 1.18 bits per heavy atom. The molecule has 0 amide bonds. The summed E-state index contributed by atoms with van der Waals surface area (Å²) in [5.74, 6) is 0.972. The molecule has 28 heavy (non-hydrogen) atoms. The number of imidazole rings is 1. The van der Waals surface area contributed by atoms with Crippen molar-refractivity contribution in [2.75, 3.05) is 19.6 Å². The van der Waals surface area contributed by atoms with Crippen molar-refractivity contribution in [3.63, 3.8) is 0 Å². The lowest BCUT2D eigenvalue weighted by atomic mass is 9.90. The average molecular weight is 377 g/mol. The quantitative estimate of drug-likeness (QED) is 0.551. The van der Waals surface area contributed by atoms with E-state index < -0.39 is 0 Å². The molecule has 6 nitrogen and oxygen atoms in total. The number of aromatic amines is 1. The van der Waals surface area contributed by atoms with Crippen LogP contribution in [0.2, 0.25) is 0 Å². The third kappa shape index (κ3) is 3.99. The first-order valence-corrected chi connectivity index (χ1v) is 9.98. The molecule has 0 fully saturated rings. The SMILES string of the molecule is NCC(=CCN(Cc1nc2ccccc2[nH]1)[C@H]1CCCc2cccnc21)CN. The second kappa shape index (κ2) is 8.65. The number of fused-ring (bicyclic) bond motifs is 2. The molecule has 1 aliphatic carbocycles. The Morgan fingerprint density at radius 3 is 2.86 bits per heavy atom. The van der Waals surface area contributed by atoms with E-state index in [4.69, 9.17) is 21.4 Å². The van der Waals surface area contributed by atoms with Gasteiger partial charge in [-0.2, -0.15) is 0 Å². The number of pyridine rings is 1. The second-order valence-electron chi connectivity index (χ2n) is 7.36. The predicted octanol–water partition coefficient (Wildman–Crippen LogP) is 2.68. The fourth-order valence-corrected chi connectivity index (χ4v) is 4.01. The van der Waals surface area contributed by atoms with Gasteiger partial charge in [0.15, 0.2) is 0 Å². The van der Waals surface area contributed by atoms with Gasteiger partial charge in [0.25, 0.3) is 0 Å². The molecule has 3 aromatic rings. The number of nitrogens with zero attached hydrogens (tertiary/aromatic N) is 3. The maximum Gasteiger partial charge on any atom is 0.121 e. The van der Waals surface area contributed by atoms with Crippen molar-refractivity contribution in [3.05, 3.63) is 71.3 Å². The Balaban J connectivity index is 1.65. The minimum atomic E-state index is 0.270. The molecule has 146 valence electrons. The molecule has 0 aliphatic heterocycles. The molecule has 2 aromatic heterocycles. The number of H-pyrrole nitrogens is 1. The zero-order valence-electron chi connectivity index (χ0n) is 16.1. The lowest BCUT2D eigenvalue weighted by molar-refractivity contribution is 0.181. The van der Waals surface area contributed by atoms with Crippen molar-refractivity contribution >= 4 is 11.0 Å². The molecule has 0 spiro atoms. The largest absolute Gasteiger partial charge is 0.341 e. The topological polar surface area (TPSA) is 96.8 Å². The third-order valence-corrected chi connectivity index (χ3v) is 5.54. The highest BCUT2D eigenvalue weighted by atomic mass is 15.2. The standard InChI is InChI=1S/C22H28N6/c23-13-16(14-24)10-12-28(15-21-26-18-7-1-2-8-19(18)27-21)20-9-3-5-17-6-4-11-25-22(17)20/h1-2,4,6-8,10-11,20H,3,5,9,12-15,23-24H2,(H,26,27)/t20-/m0/s1. The highest BCUT2D eigenvalue weighted by molar-refractivity contribution is 5.74. The smallest absolute Gasteiger partial charge is 0.121 e.